The average Bonchev–Trinajstić information content (AvgIpc) is 2.56. The largest absolute Gasteiger partial charge is 0.369 e. The molecule has 2 nitrogen and oxygen atoms in total. The van der Waals surface area contributed by atoms with Gasteiger partial charge in [-0.25, -0.2) is 0 Å². The summed E-state index contributed by atoms with van der Waals surface area (Å²) in [5, 5.41) is 0. The maximum absolute atomic E-state index is 11.2. The van der Waals surface area contributed by atoms with Crippen molar-refractivity contribution in [3.05, 3.63) is 48.0 Å². The zero-order valence-electron chi connectivity index (χ0n) is 7.94. The first-order valence-electron chi connectivity index (χ1n) is 4.73. The van der Waals surface area contributed by atoms with E-state index < -0.39 is 0 Å². The van der Waals surface area contributed by atoms with E-state index in [2.05, 4.69) is 12.6 Å². The number of allylic oxidation sites excluding steroid dienone is 1. The Kier molecular flexibility index (Phi) is 2.12. The van der Waals surface area contributed by atoms with Crippen molar-refractivity contribution in [3.8, 4) is 0 Å². The second-order valence-electron chi connectivity index (χ2n) is 3.67. The van der Waals surface area contributed by atoms with E-state index in [1.807, 2.05) is 24.3 Å². The Morgan fingerprint density at radius 3 is 2.86 bits per heavy atom. The van der Waals surface area contributed by atoms with Gasteiger partial charge >= 0.3 is 0 Å². The van der Waals surface area contributed by atoms with Gasteiger partial charge in [0.05, 0.1) is 5.92 Å². The molecule has 2 rings (SSSR count). The van der Waals surface area contributed by atoms with E-state index in [0.717, 1.165) is 6.42 Å². The Bertz CT molecular complexity index is 384. The number of hydrogen-bond acceptors (Lipinski definition) is 1. The lowest BCUT2D eigenvalue weighted by molar-refractivity contribution is -0.121. The second kappa shape index (κ2) is 3.29. The number of rotatable bonds is 2. The smallest absolute Gasteiger partial charge is 0.221 e. The first-order valence-corrected chi connectivity index (χ1v) is 4.73. The molecule has 0 saturated carbocycles. The number of amides is 1. The fourth-order valence-corrected chi connectivity index (χ4v) is 2.19. The van der Waals surface area contributed by atoms with Crippen molar-refractivity contribution in [3.63, 3.8) is 0 Å². The molecule has 0 aliphatic heterocycles. The summed E-state index contributed by atoms with van der Waals surface area (Å²) in [5.74, 6) is -0.236. The highest BCUT2D eigenvalue weighted by Gasteiger charge is 2.33. The quantitative estimate of drug-likeness (QED) is 0.702. The van der Waals surface area contributed by atoms with Gasteiger partial charge in [-0.1, -0.05) is 30.3 Å². The molecule has 72 valence electrons. The van der Waals surface area contributed by atoms with Gasteiger partial charge in [0.1, 0.15) is 0 Å². The molecule has 0 radical (unpaired) electrons. The molecular weight excluding hydrogens is 174 g/mol. The number of primary amides is 1. The van der Waals surface area contributed by atoms with Crippen molar-refractivity contribution in [1.29, 1.82) is 0 Å². The fourth-order valence-electron chi connectivity index (χ4n) is 2.19. The van der Waals surface area contributed by atoms with Gasteiger partial charge in [-0.15, -0.1) is 6.58 Å². The molecule has 1 aliphatic rings. The summed E-state index contributed by atoms with van der Waals surface area (Å²) >= 11 is 0. The summed E-state index contributed by atoms with van der Waals surface area (Å²) < 4.78 is 0. The number of nitrogens with two attached hydrogens (primary N) is 1. The van der Waals surface area contributed by atoms with Crippen LogP contribution < -0.4 is 5.73 Å². The normalized spacial score (nSPS) is 24.3. The van der Waals surface area contributed by atoms with Crippen LogP contribution in [0.1, 0.15) is 17.0 Å². The Hall–Kier alpha value is -1.57. The predicted octanol–water partition coefficient (Wildman–Crippen LogP) is 1.61. The van der Waals surface area contributed by atoms with Gasteiger partial charge in [0, 0.05) is 5.92 Å². The number of carbonyl (C=O) groups excluding carboxylic acids is 1. The molecule has 1 amide bonds. The summed E-state index contributed by atoms with van der Waals surface area (Å²) in [5.41, 5.74) is 7.78. The third-order valence-corrected chi connectivity index (χ3v) is 2.91. The SMILES string of the molecule is C=CC1c2ccccc2CC1C(N)=O. The summed E-state index contributed by atoms with van der Waals surface area (Å²) in [7, 11) is 0. The van der Waals surface area contributed by atoms with Crippen molar-refractivity contribution in [2.45, 2.75) is 12.3 Å². The van der Waals surface area contributed by atoms with Crippen LogP contribution in [-0.4, -0.2) is 5.91 Å². The minimum Gasteiger partial charge on any atom is -0.369 e. The number of fused-ring (bicyclic) bond motifs is 1. The molecule has 1 aromatic rings. The summed E-state index contributed by atoms with van der Waals surface area (Å²) in [6, 6.07) is 8.07. The topological polar surface area (TPSA) is 43.1 Å². The zero-order chi connectivity index (χ0) is 10.1. The van der Waals surface area contributed by atoms with Crippen LogP contribution >= 0.6 is 0 Å². The lowest BCUT2D eigenvalue weighted by Gasteiger charge is -2.12. The molecule has 2 N–H and O–H groups in total. The van der Waals surface area contributed by atoms with Gasteiger partial charge in [0.15, 0.2) is 0 Å². The van der Waals surface area contributed by atoms with E-state index >= 15 is 0 Å². The molecule has 0 bridgehead atoms. The Morgan fingerprint density at radius 1 is 1.50 bits per heavy atom. The molecule has 0 spiro atoms. The molecule has 0 fully saturated rings. The van der Waals surface area contributed by atoms with Crippen molar-refractivity contribution in [2.75, 3.05) is 0 Å². The summed E-state index contributed by atoms with van der Waals surface area (Å²) in [6.45, 7) is 3.77. The highest BCUT2D eigenvalue weighted by molar-refractivity contribution is 5.80. The van der Waals surface area contributed by atoms with Crippen molar-refractivity contribution < 1.29 is 4.79 Å². The number of carbonyl (C=O) groups is 1. The molecule has 1 aliphatic carbocycles. The molecule has 0 saturated heterocycles. The lowest BCUT2D eigenvalue weighted by atomic mass is 9.92. The highest BCUT2D eigenvalue weighted by atomic mass is 16.1. The minimum atomic E-state index is -0.230. The number of benzene rings is 1. The third kappa shape index (κ3) is 1.23. The van der Waals surface area contributed by atoms with Crippen LogP contribution in [0.5, 0.6) is 0 Å². The highest BCUT2D eigenvalue weighted by Crippen LogP contribution is 2.38. The lowest BCUT2D eigenvalue weighted by Crippen LogP contribution is -2.25. The standard InChI is InChI=1S/C12H13NO/c1-2-9-10-6-4-3-5-8(10)7-11(9)12(13)14/h2-6,9,11H,1,7H2,(H2,13,14). The van der Waals surface area contributed by atoms with E-state index in [1.165, 1.54) is 11.1 Å². The molecule has 0 heterocycles. The van der Waals surface area contributed by atoms with Gasteiger partial charge in [-0.3, -0.25) is 4.79 Å². The van der Waals surface area contributed by atoms with E-state index in [0.29, 0.717) is 0 Å². The molecule has 14 heavy (non-hydrogen) atoms. The maximum Gasteiger partial charge on any atom is 0.221 e. The van der Waals surface area contributed by atoms with Crippen molar-refractivity contribution in [1.82, 2.24) is 0 Å². The van der Waals surface area contributed by atoms with Gasteiger partial charge in [-0.05, 0) is 17.5 Å². The van der Waals surface area contributed by atoms with E-state index in [9.17, 15) is 4.79 Å². The first kappa shape index (κ1) is 9.00. The predicted molar refractivity (Wildman–Crippen MR) is 55.8 cm³/mol. The molecule has 2 heteroatoms. The second-order valence-corrected chi connectivity index (χ2v) is 3.67. The van der Waals surface area contributed by atoms with Crippen LogP contribution in [0, 0.1) is 5.92 Å². The van der Waals surface area contributed by atoms with Gasteiger partial charge < -0.3 is 5.73 Å². The van der Waals surface area contributed by atoms with Gasteiger partial charge in [0.2, 0.25) is 5.91 Å². The van der Waals surface area contributed by atoms with Crippen LogP contribution in [-0.2, 0) is 11.2 Å². The van der Waals surface area contributed by atoms with E-state index in [4.69, 9.17) is 5.73 Å². The average molecular weight is 187 g/mol. The van der Waals surface area contributed by atoms with Crippen LogP contribution in [0.2, 0.25) is 0 Å². The third-order valence-electron chi connectivity index (χ3n) is 2.91. The fraction of sp³-hybridized carbons (Fsp3) is 0.250. The summed E-state index contributed by atoms with van der Waals surface area (Å²) in [4.78, 5) is 11.2. The van der Waals surface area contributed by atoms with Crippen LogP contribution in [0.3, 0.4) is 0 Å². The van der Waals surface area contributed by atoms with Gasteiger partial charge in [-0.2, -0.15) is 0 Å². The van der Waals surface area contributed by atoms with Gasteiger partial charge in [0.25, 0.3) is 0 Å². The zero-order valence-corrected chi connectivity index (χ0v) is 7.94. The van der Waals surface area contributed by atoms with Crippen LogP contribution in [0.25, 0.3) is 0 Å². The molecular formula is C12H13NO. The molecule has 1 aromatic carbocycles. The van der Waals surface area contributed by atoms with Crippen LogP contribution in [0.4, 0.5) is 0 Å². The van der Waals surface area contributed by atoms with Crippen molar-refractivity contribution >= 4 is 5.91 Å². The minimum absolute atomic E-state index is 0.101. The van der Waals surface area contributed by atoms with Crippen LogP contribution in [0.15, 0.2) is 36.9 Å². The molecule has 2 atom stereocenters. The monoisotopic (exact) mass is 187 g/mol. The molecule has 2 unspecified atom stereocenters. The summed E-state index contributed by atoms with van der Waals surface area (Å²) in [6.07, 6.45) is 2.57. The van der Waals surface area contributed by atoms with E-state index in [1.54, 1.807) is 0 Å². The Balaban J connectivity index is 2.43. The first-order chi connectivity index (χ1) is 6.74. The van der Waals surface area contributed by atoms with Crippen molar-refractivity contribution in [2.24, 2.45) is 11.7 Å². The maximum atomic E-state index is 11.2. The number of hydrogen-bond donors (Lipinski definition) is 1. The Labute approximate surface area is 83.4 Å². The van der Waals surface area contributed by atoms with E-state index in [-0.39, 0.29) is 17.7 Å². The Morgan fingerprint density at radius 2 is 2.21 bits per heavy atom. The molecule has 0 aromatic heterocycles.